The van der Waals surface area contributed by atoms with E-state index in [9.17, 15) is 4.79 Å². The van der Waals surface area contributed by atoms with Gasteiger partial charge in [0.2, 0.25) is 0 Å². The Kier molecular flexibility index (Phi) is 3.98. The predicted octanol–water partition coefficient (Wildman–Crippen LogP) is 3.82. The first kappa shape index (κ1) is 13.7. The summed E-state index contributed by atoms with van der Waals surface area (Å²) in [6, 6.07) is 9.59. The Labute approximate surface area is 120 Å². The lowest BCUT2D eigenvalue weighted by Gasteiger charge is -2.08. The van der Waals surface area contributed by atoms with E-state index in [4.69, 9.17) is 33.7 Å². The van der Waals surface area contributed by atoms with E-state index in [1.54, 1.807) is 30.3 Å². The molecule has 0 unspecified atom stereocenters. The molecule has 0 heterocycles. The van der Waals surface area contributed by atoms with Crippen molar-refractivity contribution < 1.29 is 9.53 Å². The zero-order valence-electron chi connectivity index (χ0n) is 10.1. The minimum Gasteiger partial charge on any atom is -0.495 e. The summed E-state index contributed by atoms with van der Waals surface area (Å²) in [4.78, 5) is 12.3. The highest BCUT2D eigenvalue weighted by molar-refractivity contribution is 6.37. The summed E-state index contributed by atoms with van der Waals surface area (Å²) in [6.07, 6.45) is 0. The van der Waals surface area contributed by atoms with Gasteiger partial charge in [0.1, 0.15) is 5.75 Å². The van der Waals surface area contributed by atoms with Gasteiger partial charge < -0.3 is 10.5 Å². The molecule has 5 heteroatoms. The molecule has 0 aliphatic heterocycles. The third-order valence-corrected chi connectivity index (χ3v) is 3.22. The number of anilines is 1. The van der Waals surface area contributed by atoms with Crippen LogP contribution in [0.15, 0.2) is 36.4 Å². The molecule has 0 spiro atoms. The van der Waals surface area contributed by atoms with Gasteiger partial charge in [-0.2, -0.15) is 0 Å². The lowest BCUT2D eigenvalue weighted by Crippen LogP contribution is -2.04. The summed E-state index contributed by atoms with van der Waals surface area (Å²) in [6.45, 7) is 0. The van der Waals surface area contributed by atoms with Crippen molar-refractivity contribution in [3.63, 3.8) is 0 Å². The van der Waals surface area contributed by atoms with Gasteiger partial charge in [-0.15, -0.1) is 0 Å². The first-order valence-corrected chi connectivity index (χ1v) is 6.22. The molecular weight excluding hydrogens is 285 g/mol. The number of nitrogen functional groups attached to an aromatic ring is 1. The number of carbonyl (C=O) groups excluding carboxylic acids is 1. The zero-order chi connectivity index (χ0) is 14.0. The molecule has 98 valence electrons. The fourth-order valence-corrected chi connectivity index (χ4v) is 2.20. The minimum atomic E-state index is -0.212. The highest BCUT2D eigenvalue weighted by Gasteiger charge is 2.14. The van der Waals surface area contributed by atoms with Crippen molar-refractivity contribution in [2.45, 2.75) is 0 Å². The standard InChI is InChI=1S/C14H11Cl2NO2/c1-19-13-5-2-8(6-12(13)17)14(18)10-4-3-9(15)7-11(10)16/h2-7H,17H2,1H3. The fraction of sp³-hybridized carbons (Fsp3) is 0.0714. The van der Waals surface area contributed by atoms with Crippen LogP contribution in [0.4, 0.5) is 5.69 Å². The number of hydrogen-bond donors (Lipinski definition) is 1. The van der Waals surface area contributed by atoms with Crippen LogP contribution in [-0.2, 0) is 0 Å². The van der Waals surface area contributed by atoms with Gasteiger partial charge in [-0.1, -0.05) is 23.2 Å². The van der Waals surface area contributed by atoms with Crippen molar-refractivity contribution in [1.82, 2.24) is 0 Å². The molecule has 0 saturated heterocycles. The molecule has 0 aromatic heterocycles. The average molecular weight is 296 g/mol. The van der Waals surface area contributed by atoms with Crippen LogP contribution in [0.1, 0.15) is 15.9 Å². The number of halogens is 2. The number of rotatable bonds is 3. The first-order chi connectivity index (χ1) is 9.02. The minimum absolute atomic E-state index is 0.212. The molecule has 3 nitrogen and oxygen atoms in total. The third-order valence-electron chi connectivity index (χ3n) is 2.67. The molecule has 2 aromatic carbocycles. The van der Waals surface area contributed by atoms with Gasteiger partial charge in [-0.05, 0) is 36.4 Å². The van der Waals surface area contributed by atoms with Crippen molar-refractivity contribution in [3.8, 4) is 5.75 Å². The molecular formula is C14H11Cl2NO2. The smallest absolute Gasteiger partial charge is 0.194 e. The van der Waals surface area contributed by atoms with Crippen LogP contribution < -0.4 is 10.5 Å². The van der Waals surface area contributed by atoms with Gasteiger partial charge in [-0.3, -0.25) is 4.79 Å². The lowest BCUT2D eigenvalue weighted by atomic mass is 10.0. The molecule has 2 rings (SSSR count). The average Bonchev–Trinajstić information content (AvgIpc) is 2.38. The van der Waals surface area contributed by atoms with Crippen LogP contribution in [0.2, 0.25) is 10.0 Å². The topological polar surface area (TPSA) is 52.3 Å². The number of ketones is 1. The normalized spacial score (nSPS) is 10.3. The maximum atomic E-state index is 12.3. The quantitative estimate of drug-likeness (QED) is 0.692. The van der Waals surface area contributed by atoms with Gasteiger partial charge in [0.05, 0.1) is 17.8 Å². The molecule has 2 N–H and O–H groups in total. The molecule has 2 aromatic rings. The van der Waals surface area contributed by atoms with Crippen LogP contribution in [0, 0.1) is 0 Å². The Balaban J connectivity index is 2.41. The molecule has 0 radical (unpaired) electrons. The summed E-state index contributed by atoms with van der Waals surface area (Å²) >= 11 is 11.8. The second-order valence-corrected chi connectivity index (χ2v) is 4.75. The van der Waals surface area contributed by atoms with Crippen LogP contribution in [0.25, 0.3) is 0 Å². The second-order valence-electron chi connectivity index (χ2n) is 3.91. The molecule has 19 heavy (non-hydrogen) atoms. The number of hydrogen-bond acceptors (Lipinski definition) is 3. The summed E-state index contributed by atoms with van der Waals surface area (Å²) in [5.74, 6) is 0.315. The fourth-order valence-electron chi connectivity index (χ4n) is 1.70. The van der Waals surface area contributed by atoms with E-state index in [-0.39, 0.29) is 5.78 Å². The van der Waals surface area contributed by atoms with Gasteiger partial charge in [-0.25, -0.2) is 0 Å². The predicted molar refractivity (Wildman–Crippen MR) is 77.3 cm³/mol. The second kappa shape index (κ2) is 5.51. The number of ether oxygens (including phenoxy) is 1. The van der Waals surface area contributed by atoms with Gasteiger partial charge >= 0.3 is 0 Å². The van der Waals surface area contributed by atoms with E-state index in [1.165, 1.54) is 13.2 Å². The van der Waals surface area contributed by atoms with Crippen molar-refractivity contribution in [2.24, 2.45) is 0 Å². The van der Waals surface area contributed by atoms with Crippen molar-refractivity contribution >= 4 is 34.7 Å². The van der Waals surface area contributed by atoms with Crippen LogP contribution in [0.3, 0.4) is 0 Å². The molecule has 0 aliphatic carbocycles. The summed E-state index contributed by atoms with van der Waals surface area (Å²) < 4.78 is 5.05. The van der Waals surface area contributed by atoms with Crippen LogP contribution in [-0.4, -0.2) is 12.9 Å². The molecule has 0 amide bonds. The molecule has 0 aliphatic rings. The van der Waals surface area contributed by atoms with E-state index in [0.717, 1.165) is 0 Å². The summed E-state index contributed by atoms with van der Waals surface area (Å²) in [5.41, 5.74) is 7.01. The Bertz CT molecular complexity index is 641. The van der Waals surface area contributed by atoms with E-state index < -0.39 is 0 Å². The van der Waals surface area contributed by atoms with E-state index in [0.29, 0.717) is 32.6 Å². The number of methoxy groups -OCH3 is 1. The highest BCUT2D eigenvalue weighted by Crippen LogP contribution is 2.27. The van der Waals surface area contributed by atoms with Gasteiger partial charge in [0.15, 0.2) is 5.78 Å². The van der Waals surface area contributed by atoms with Crippen molar-refractivity contribution in [3.05, 3.63) is 57.6 Å². The summed E-state index contributed by atoms with van der Waals surface area (Å²) in [7, 11) is 1.52. The van der Waals surface area contributed by atoms with Gasteiger partial charge in [0, 0.05) is 16.1 Å². The molecule has 0 saturated carbocycles. The van der Waals surface area contributed by atoms with Crippen LogP contribution >= 0.6 is 23.2 Å². The summed E-state index contributed by atoms with van der Waals surface area (Å²) in [5, 5.41) is 0.794. The monoisotopic (exact) mass is 295 g/mol. The largest absolute Gasteiger partial charge is 0.495 e. The molecule has 0 bridgehead atoms. The number of nitrogens with two attached hydrogens (primary N) is 1. The van der Waals surface area contributed by atoms with E-state index in [1.807, 2.05) is 0 Å². The maximum Gasteiger partial charge on any atom is 0.194 e. The Morgan fingerprint density at radius 2 is 1.89 bits per heavy atom. The molecule has 0 atom stereocenters. The Hall–Kier alpha value is -1.71. The van der Waals surface area contributed by atoms with Crippen molar-refractivity contribution in [2.75, 3.05) is 12.8 Å². The van der Waals surface area contributed by atoms with Gasteiger partial charge in [0.25, 0.3) is 0 Å². The zero-order valence-corrected chi connectivity index (χ0v) is 11.6. The third kappa shape index (κ3) is 2.83. The first-order valence-electron chi connectivity index (χ1n) is 5.46. The highest BCUT2D eigenvalue weighted by atomic mass is 35.5. The van der Waals surface area contributed by atoms with E-state index >= 15 is 0 Å². The maximum absolute atomic E-state index is 12.3. The lowest BCUT2D eigenvalue weighted by molar-refractivity contribution is 0.103. The Morgan fingerprint density at radius 3 is 2.47 bits per heavy atom. The van der Waals surface area contributed by atoms with Crippen molar-refractivity contribution in [1.29, 1.82) is 0 Å². The Morgan fingerprint density at radius 1 is 1.16 bits per heavy atom. The number of benzene rings is 2. The molecule has 0 fully saturated rings. The number of carbonyl (C=O) groups is 1. The SMILES string of the molecule is COc1ccc(C(=O)c2ccc(Cl)cc2Cl)cc1N. The van der Waals surface area contributed by atoms with Crippen LogP contribution in [0.5, 0.6) is 5.75 Å². The van der Waals surface area contributed by atoms with E-state index in [2.05, 4.69) is 0 Å².